The van der Waals surface area contributed by atoms with Crippen LogP contribution < -0.4 is 15.8 Å². The van der Waals surface area contributed by atoms with Crippen molar-refractivity contribution in [2.75, 3.05) is 18.9 Å². The van der Waals surface area contributed by atoms with Crippen molar-refractivity contribution >= 4 is 22.4 Å². The second-order valence-electron chi connectivity index (χ2n) is 5.03. The molecule has 0 spiro atoms. The molecule has 1 amide bonds. The van der Waals surface area contributed by atoms with Crippen LogP contribution in [0.2, 0.25) is 0 Å². The number of nitrogens with one attached hydrogen (secondary N) is 1. The maximum Gasteiger partial charge on any atom is 0.263 e. The van der Waals surface area contributed by atoms with Gasteiger partial charge in [-0.05, 0) is 29.8 Å². The molecule has 3 rings (SSSR count). The molecule has 0 saturated heterocycles. The normalized spacial score (nSPS) is 10.5. The van der Waals surface area contributed by atoms with Gasteiger partial charge in [0.2, 0.25) is 0 Å². The largest absolute Gasteiger partial charge is 0.492 e. The van der Waals surface area contributed by atoms with Crippen LogP contribution in [-0.4, -0.2) is 33.8 Å². The van der Waals surface area contributed by atoms with Gasteiger partial charge in [-0.3, -0.25) is 9.48 Å². The van der Waals surface area contributed by atoms with Crippen molar-refractivity contribution in [3.8, 4) is 16.9 Å². The van der Waals surface area contributed by atoms with Crippen molar-refractivity contribution in [2.24, 2.45) is 7.05 Å². The first-order chi connectivity index (χ1) is 11.6. The monoisotopic (exact) mass is 342 g/mol. The van der Waals surface area contributed by atoms with Gasteiger partial charge in [0.25, 0.3) is 5.91 Å². The lowest BCUT2D eigenvalue weighted by Crippen LogP contribution is -2.27. The van der Waals surface area contributed by atoms with E-state index in [2.05, 4.69) is 21.5 Å². The van der Waals surface area contributed by atoms with Crippen molar-refractivity contribution in [3.05, 3.63) is 47.7 Å². The van der Waals surface area contributed by atoms with Gasteiger partial charge in [0.05, 0.1) is 18.9 Å². The summed E-state index contributed by atoms with van der Waals surface area (Å²) in [5.41, 5.74) is 7.48. The quantitative estimate of drug-likeness (QED) is 0.665. The Hall–Kier alpha value is -2.87. The maximum atomic E-state index is 11.8. The van der Waals surface area contributed by atoms with E-state index in [1.165, 1.54) is 6.20 Å². The highest BCUT2D eigenvalue weighted by molar-refractivity contribution is 7.17. The third-order valence-electron chi connectivity index (χ3n) is 3.20. The molecule has 2 aromatic heterocycles. The second-order valence-corrected chi connectivity index (χ2v) is 6.09. The third-order valence-corrected chi connectivity index (χ3v) is 4.03. The van der Waals surface area contributed by atoms with Gasteiger partial charge in [-0.1, -0.05) is 11.3 Å². The number of rotatable bonds is 6. The summed E-state index contributed by atoms with van der Waals surface area (Å²) < 4.78 is 7.40. The number of aryl methyl sites for hydroxylation is 1. The Kier molecular flexibility index (Phi) is 4.76. The molecule has 0 fully saturated rings. The van der Waals surface area contributed by atoms with E-state index < -0.39 is 0 Å². The fourth-order valence-corrected chi connectivity index (χ4v) is 2.68. The molecule has 0 aliphatic rings. The van der Waals surface area contributed by atoms with Crippen LogP contribution >= 0.6 is 11.3 Å². The number of aromatic nitrogens is 3. The number of carbonyl (C=O) groups excluding carboxylic acids is 1. The Morgan fingerprint density at radius 3 is 3.00 bits per heavy atom. The molecule has 0 bridgehead atoms. The van der Waals surface area contributed by atoms with Gasteiger partial charge in [-0.2, -0.15) is 5.10 Å². The topological polar surface area (TPSA) is 95.1 Å². The van der Waals surface area contributed by atoms with Crippen LogP contribution in [0.3, 0.4) is 0 Å². The molecule has 7 nitrogen and oxygen atoms in total. The van der Waals surface area contributed by atoms with Crippen molar-refractivity contribution in [3.63, 3.8) is 0 Å². The highest BCUT2D eigenvalue weighted by Gasteiger charge is 2.08. The summed E-state index contributed by atoms with van der Waals surface area (Å²) in [7, 11) is 1.87. The maximum absolute atomic E-state index is 11.8. The number of benzene rings is 1. The minimum absolute atomic E-state index is 0.205. The lowest BCUT2D eigenvalue weighted by atomic mass is 10.1. The first-order valence-electron chi connectivity index (χ1n) is 7.24. The van der Waals surface area contributed by atoms with Crippen LogP contribution in [0.25, 0.3) is 11.1 Å². The van der Waals surface area contributed by atoms with E-state index >= 15 is 0 Å². The number of nitrogens with two attached hydrogens (primary N) is 1. The number of nitrogens with zero attached hydrogens (tertiary/aromatic N) is 3. The van der Waals surface area contributed by atoms with Gasteiger partial charge >= 0.3 is 0 Å². The number of hydrogen-bond donors (Lipinski definition) is 2. The number of nitrogen functional groups attached to an aromatic ring is 1. The predicted molar refractivity (Wildman–Crippen MR) is 91.8 cm³/mol. The molecule has 1 radical (unpaired) electrons. The summed E-state index contributed by atoms with van der Waals surface area (Å²) in [4.78, 5) is 16.2. The van der Waals surface area contributed by atoms with E-state index in [9.17, 15) is 4.79 Å². The van der Waals surface area contributed by atoms with Crippen LogP contribution in [0.5, 0.6) is 5.75 Å². The zero-order valence-corrected chi connectivity index (χ0v) is 13.8. The molecule has 1 aromatic carbocycles. The molecular weight excluding hydrogens is 326 g/mol. The molecule has 0 atom stereocenters. The SMILES string of the molecule is Cn1cc(-c2c[c]cc(OCCNC(=O)c3cnc(N)s3)c2)cn1. The van der Waals surface area contributed by atoms with Crippen molar-refractivity contribution in [2.45, 2.75) is 0 Å². The summed E-state index contributed by atoms with van der Waals surface area (Å²) in [5, 5.41) is 7.28. The Morgan fingerprint density at radius 1 is 1.42 bits per heavy atom. The number of anilines is 1. The minimum Gasteiger partial charge on any atom is -0.492 e. The molecule has 8 heteroatoms. The Labute approximate surface area is 143 Å². The molecule has 3 N–H and O–H groups in total. The van der Waals surface area contributed by atoms with Gasteiger partial charge in [0.1, 0.15) is 17.2 Å². The van der Waals surface area contributed by atoms with E-state index in [0.29, 0.717) is 28.9 Å². The molecule has 3 aromatic rings. The fraction of sp³-hybridized carbons (Fsp3) is 0.188. The van der Waals surface area contributed by atoms with E-state index in [1.54, 1.807) is 16.9 Å². The summed E-state index contributed by atoms with van der Waals surface area (Å²) in [5.74, 6) is 0.483. The number of hydrogen-bond acceptors (Lipinski definition) is 6. The Balaban J connectivity index is 1.51. The number of thiazole rings is 1. The first-order valence-corrected chi connectivity index (χ1v) is 8.06. The number of amides is 1. The average Bonchev–Trinajstić information content (AvgIpc) is 3.20. The zero-order valence-electron chi connectivity index (χ0n) is 13.0. The predicted octanol–water partition coefficient (Wildman–Crippen LogP) is 1.73. The molecule has 0 saturated carbocycles. The van der Waals surface area contributed by atoms with Crippen molar-refractivity contribution in [1.82, 2.24) is 20.1 Å². The average molecular weight is 342 g/mol. The molecule has 0 aliphatic carbocycles. The van der Waals surface area contributed by atoms with E-state index in [-0.39, 0.29) is 5.91 Å². The Bertz CT molecular complexity index is 842. The van der Waals surface area contributed by atoms with Crippen LogP contribution in [-0.2, 0) is 7.05 Å². The summed E-state index contributed by atoms with van der Waals surface area (Å²) >= 11 is 1.15. The van der Waals surface area contributed by atoms with Crippen LogP contribution in [0.1, 0.15) is 9.67 Å². The first kappa shape index (κ1) is 16.0. The van der Waals surface area contributed by atoms with Crippen LogP contribution in [0, 0.1) is 6.07 Å². The standard InChI is InChI=1S/C16H16N5O2S/c1-21-10-12(8-20-21)11-3-2-4-13(7-11)23-6-5-18-15(22)14-9-19-16(17)24-14/h3-4,7-10H,5-6H2,1H3,(H2,17,19)(H,18,22). The van der Waals surface area contributed by atoms with E-state index in [1.807, 2.05) is 25.4 Å². The van der Waals surface area contributed by atoms with E-state index in [4.69, 9.17) is 10.5 Å². The summed E-state index contributed by atoms with van der Waals surface area (Å²) in [6.07, 6.45) is 5.17. The van der Waals surface area contributed by atoms with E-state index in [0.717, 1.165) is 22.5 Å². The second kappa shape index (κ2) is 7.14. The lowest BCUT2D eigenvalue weighted by Gasteiger charge is -2.08. The summed E-state index contributed by atoms with van der Waals surface area (Å²) in [6.45, 7) is 0.734. The summed E-state index contributed by atoms with van der Waals surface area (Å²) in [6, 6.07) is 8.59. The molecule has 2 heterocycles. The van der Waals surface area contributed by atoms with Gasteiger partial charge in [0.15, 0.2) is 5.13 Å². The van der Waals surface area contributed by atoms with Crippen molar-refractivity contribution in [1.29, 1.82) is 0 Å². The minimum atomic E-state index is -0.205. The smallest absolute Gasteiger partial charge is 0.263 e. The lowest BCUT2D eigenvalue weighted by molar-refractivity contribution is 0.0951. The highest BCUT2D eigenvalue weighted by atomic mass is 32.1. The van der Waals surface area contributed by atoms with Gasteiger partial charge < -0.3 is 15.8 Å². The number of ether oxygens (including phenoxy) is 1. The number of carbonyl (C=O) groups is 1. The molecule has 0 aliphatic heterocycles. The molecule has 123 valence electrons. The van der Waals surface area contributed by atoms with Gasteiger partial charge in [0, 0.05) is 18.8 Å². The fourth-order valence-electron chi connectivity index (χ4n) is 2.08. The zero-order chi connectivity index (χ0) is 16.9. The van der Waals surface area contributed by atoms with Crippen molar-refractivity contribution < 1.29 is 9.53 Å². The Morgan fingerprint density at radius 2 is 2.29 bits per heavy atom. The highest BCUT2D eigenvalue weighted by Crippen LogP contribution is 2.22. The molecule has 24 heavy (non-hydrogen) atoms. The van der Waals surface area contributed by atoms with Crippen LogP contribution in [0.15, 0.2) is 36.8 Å². The third kappa shape index (κ3) is 3.90. The van der Waals surface area contributed by atoms with Gasteiger partial charge in [-0.25, -0.2) is 4.98 Å². The molecular formula is C16H16N5O2S. The van der Waals surface area contributed by atoms with Crippen LogP contribution in [0.4, 0.5) is 5.13 Å². The van der Waals surface area contributed by atoms with Gasteiger partial charge in [-0.15, -0.1) is 0 Å². The molecule has 0 unspecified atom stereocenters.